The van der Waals surface area contributed by atoms with Crippen molar-refractivity contribution in [1.82, 2.24) is 0 Å². The molecule has 4 nitrogen and oxygen atoms in total. The highest BCUT2D eigenvalue weighted by Gasteiger charge is 2.22. The molecule has 2 aromatic rings. The SMILES string of the molecule is Cc1ccc2sc(C(=O)O)c(C(=O)O)c2c1. The predicted molar refractivity (Wildman–Crippen MR) is 60.5 cm³/mol. The van der Waals surface area contributed by atoms with Crippen molar-refractivity contribution in [3.8, 4) is 0 Å². The Balaban J connectivity index is 2.88. The summed E-state index contributed by atoms with van der Waals surface area (Å²) in [5, 5.41) is 18.5. The van der Waals surface area contributed by atoms with E-state index in [-0.39, 0.29) is 10.4 Å². The quantitative estimate of drug-likeness (QED) is 0.840. The zero-order valence-corrected chi connectivity index (χ0v) is 9.17. The summed E-state index contributed by atoms with van der Waals surface area (Å²) in [4.78, 5) is 21.9. The molecule has 0 fully saturated rings. The molecule has 0 saturated heterocycles. The minimum absolute atomic E-state index is 0.115. The molecule has 0 unspecified atom stereocenters. The van der Waals surface area contributed by atoms with Gasteiger partial charge in [-0.05, 0) is 19.1 Å². The van der Waals surface area contributed by atoms with E-state index in [9.17, 15) is 9.59 Å². The molecular weight excluding hydrogens is 228 g/mol. The van der Waals surface area contributed by atoms with Crippen molar-refractivity contribution < 1.29 is 19.8 Å². The van der Waals surface area contributed by atoms with Crippen LogP contribution in [0.4, 0.5) is 0 Å². The van der Waals surface area contributed by atoms with Crippen LogP contribution >= 0.6 is 11.3 Å². The van der Waals surface area contributed by atoms with Crippen LogP contribution < -0.4 is 0 Å². The Morgan fingerprint density at radius 2 is 1.88 bits per heavy atom. The molecule has 0 spiro atoms. The lowest BCUT2D eigenvalue weighted by Gasteiger charge is -1.95. The molecule has 0 amide bonds. The highest BCUT2D eigenvalue weighted by atomic mass is 32.1. The van der Waals surface area contributed by atoms with Crippen LogP contribution in [0.3, 0.4) is 0 Å². The van der Waals surface area contributed by atoms with Gasteiger partial charge in [-0.1, -0.05) is 11.6 Å². The predicted octanol–water partition coefficient (Wildman–Crippen LogP) is 2.61. The van der Waals surface area contributed by atoms with Crippen molar-refractivity contribution in [3.05, 3.63) is 34.2 Å². The van der Waals surface area contributed by atoms with E-state index in [1.54, 1.807) is 12.1 Å². The van der Waals surface area contributed by atoms with Gasteiger partial charge in [-0.15, -0.1) is 11.3 Å². The van der Waals surface area contributed by atoms with Gasteiger partial charge in [0.25, 0.3) is 0 Å². The van der Waals surface area contributed by atoms with Crippen molar-refractivity contribution >= 4 is 33.4 Å². The van der Waals surface area contributed by atoms with E-state index in [0.29, 0.717) is 10.1 Å². The number of thiophene rings is 1. The first-order valence-electron chi connectivity index (χ1n) is 4.50. The zero-order chi connectivity index (χ0) is 11.9. The molecule has 0 aliphatic heterocycles. The molecule has 2 N–H and O–H groups in total. The van der Waals surface area contributed by atoms with E-state index in [4.69, 9.17) is 10.2 Å². The summed E-state index contributed by atoms with van der Waals surface area (Å²) in [6.45, 7) is 1.84. The van der Waals surface area contributed by atoms with E-state index >= 15 is 0 Å². The summed E-state index contributed by atoms with van der Waals surface area (Å²) in [6.07, 6.45) is 0. The van der Waals surface area contributed by atoms with Gasteiger partial charge < -0.3 is 10.2 Å². The van der Waals surface area contributed by atoms with E-state index in [0.717, 1.165) is 16.9 Å². The second kappa shape index (κ2) is 3.61. The number of hydrogen-bond donors (Lipinski definition) is 2. The molecule has 0 bridgehead atoms. The zero-order valence-electron chi connectivity index (χ0n) is 8.35. The minimum Gasteiger partial charge on any atom is -0.478 e. The van der Waals surface area contributed by atoms with Crippen LogP contribution in [0, 0.1) is 6.92 Å². The van der Waals surface area contributed by atoms with Crippen molar-refractivity contribution in [2.45, 2.75) is 6.92 Å². The summed E-state index contributed by atoms with van der Waals surface area (Å²) >= 11 is 0.989. The smallest absolute Gasteiger partial charge is 0.346 e. The van der Waals surface area contributed by atoms with E-state index in [1.165, 1.54) is 0 Å². The first kappa shape index (κ1) is 10.6. The maximum Gasteiger partial charge on any atom is 0.346 e. The molecule has 0 saturated carbocycles. The summed E-state index contributed by atoms with van der Waals surface area (Å²) in [7, 11) is 0. The number of fused-ring (bicyclic) bond motifs is 1. The number of carboxylic acids is 2. The maximum atomic E-state index is 11.1. The standard InChI is InChI=1S/C11H8O4S/c1-5-2-3-7-6(4-5)8(10(12)13)9(16-7)11(14)15/h2-4H,1H3,(H,12,13)(H,14,15). The molecule has 0 atom stereocenters. The third-order valence-electron chi connectivity index (χ3n) is 2.25. The van der Waals surface area contributed by atoms with Crippen molar-refractivity contribution in [2.75, 3.05) is 0 Å². The molecular formula is C11H8O4S. The highest BCUT2D eigenvalue weighted by molar-refractivity contribution is 7.21. The molecule has 82 valence electrons. The molecule has 2 rings (SSSR count). The Kier molecular flexibility index (Phi) is 2.40. The van der Waals surface area contributed by atoms with E-state index < -0.39 is 11.9 Å². The maximum absolute atomic E-state index is 11.1. The van der Waals surface area contributed by atoms with Crippen LogP contribution in [-0.2, 0) is 0 Å². The van der Waals surface area contributed by atoms with Crippen LogP contribution in [-0.4, -0.2) is 22.2 Å². The van der Waals surface area contributed by atoms with Gasteiger partial charge in [0.15, 0.2) is 0 Å². The number of aryl methyl sites for hydroxylation is 1. The number of aromatic carboxylic acids is 2. The number of carbonyl (C=O) groups is 2. The first-order valence-corrected chi connectivity index (χ1v) is 5.32. The fourth-order valence-electron chi connectivity index (χ4n) is 1.57. The van der Waals surface area contributed by atoms with Gasteiger partial charge in [0.2, 0.25) is 0 Å². The molecule has 0 aliphatic rings. The average molecular weight is 236 g/mol. The fourth-order valence-corrected chi connectivity index (χ4v) is 2.59. The Hall–Kier alpha value is -1.88. The van der Waals surface area contributed by atoms with Gasteiger partial charge in [-0.2, -0.15) is 0 Å². The number of rotatable bonds is 2. The third-order valence-corrected chi connectivity index (χ3v) is 3.41. The van der Waals surface area contributed by atoms with E-state index in [2.05, 4.69) is 0 Å². The molecule has 16 heavy (non-hydrogen) atoms. The summed E-state index contributed by atoms with van der Waals surface area (Å²) in [6, 6.07) is 5.27. The normalized spacial score (nSPS) is 10.6. The third kappa shape index (κ3) is 1.55. The Morgan fingerprint density at radius 3 is 2.44 bits per heavy atom. The summed E-state index contributed by atoms with van der Waals surface area (Å²) in [5.41, 5.74) is 0.793. The second-order valence-corrected chi connectivity index (χ2v) is 4.47. The lowest BCUT2D eigenvalue weighted by atomic mass is 10.1. The summed E-state index contributed by atoms with van der Waals surface area (Å²) < 4.78 is 0.681. The molecule has 1 aromatic heterocycles. The van der Waals surface area contributed by atoms with Gasteiger partial charge in [0, 0.05) is 10.1 Å². The van der Waals surface area contributed by atoms with Gasteiger partial charge >= 0.3 is 11.9 Å². The number of carboxylic acid groups (broad SMARTS) is 2. The van der Waals surface area contributed by atoms with Gasteiger partial charge in [0.1, 0.15) is 4.88 Å². The molecule has 0 aliphatic carbocycles. The molecule has 1 aromatic carbocycles. The van der Waals surface area contributed by atoms with Gasteiger partial charge in [0.05, 0.1) is 5.56 Å². The van der Waals surface area contributed by atoms with Crippen molar-refractivity contribution in [1.29, 1.82) is 0 Å². The topological polar surface area (TPSA) is 74.6 Å². The Morgan fingerprint density at radius 1 is 1.19 bits per heavy atom. The first-order chi connectivity index (χ1) is 7.50. The van der Waals surface area contributed by atoms with Gasteiger partial charge in [-0.25, -0.2) is 9.59 Å². The highest BCUT2D eigenvalue weighted by Crippen LogP contribution is 2.32. The van der Waals surface area contributed by atoms with Crippen LogP contribution in [0.15, 0.2) is 18.2 Å². The van der Waals surface area contributed by atoms with Crippen LogP contribution in [0.5, 0.6) is 0 Å². The Bertz CT molecular complexity index is 597. The van der Waals surface area contributed by atoms with Crippen LogP contribution in [0.1, 0.15) is 25.6 Å². The Labute approximate surface area is 94.8 Å². The lowest BCUT2D eigenvalue weighted by Crippen LogP contribution is -2.03. The van der Waals surface area contributed by atoms with Gasteiger partial charge in [-0.3, -0.25) is 0 Å². The second-order valence-electron chi connectivity index (χ2n) is 3.42. The molecule has 5 heteroatoms. The average Bonchev–Trinajstić information content (AvgIpc) is 2.55. The minimum atomic E-state index is -1.20. The van der Waals surface area contributed by atoms with Crippen molar-refractivity contribution in [2.24, 2.45) is 0 Å². The van der Waals surface area contributed by atoms with Crippen LogP contribution in [0.2, 0.25) is 0 Å². The lowest BCUT2D eigenvalue weighted by molar-refractivity contribution is 0.0657. The fraction of sp³-hybridized carbons (Fsp3) is 0.0909. The van der Waals surface area contributed by atoms with Crippen LogP contribution in [0.25, 0.3) is 10.1 Å². The van der Waals surface area contributed by atoms with E-state index in [1.807, 2.05) is 13.0 Å². The largest absolute Gasteiger partial charge is 0.478 e. The van der Waals surface area contributed by atoms with Crippen molar-refractivity contribution in [3.63, 3.8) is 0 Å². The monoisotopic (exact) mass is 236 g/mol. The molecule has 1 heterocycles. The number of benzene rings is 1. The number of hydrogen-bond acceptors (Lipinski definition) is 3. The molecule has 0 radical (unpaired) electrons. The summed E-state index contributed by atoms with van der Waals surface area (Å²) in [5.74, 6) is -2.40.